The van der Waals surface area contributed by atoms with E-state index in [0.717, 1.165) is 25.8 Å². The lowest BCUT2D eigenvalue weighted by Gasteiger charge is -2.19. The molecule has 6 heteroatoms. The standard InChI is InChI=1S/C12H12Br2N2OS/c1-17-11-4-7(13)2-3-8(11)12(16-15)9-5-18-6-10(9)14/h2-6,12,16H,15H2,1H3. The summed E-state index contributed by atoms with van der Waals surface area (Å²) in [6.45, 7) is 0. The van der Waals surface area contributed by atoms with E-state index < -0.39 is 0 Å². The van der Waals surface area contributed by atoms with Gasteiger partial charge in [-0.3, -0.25) is 5.84 Å². The second-order valence-corrected chi connectivity index (χ2v) is 6.17. The SMILES string of the molecule is COc1cc(Br)ccc1C(NN)c1cscc1Br. The van der Waals surface area contributed by atoms with Gasteiger partial charge < -0.3 is 4.74 Å². The molecule has 1 atom stereocenters. The van der Waals surface area contributed by atoms with Crippen LogP contribution in [0.15, 0.2) is 37.9 Å². The van der Waals surface area contributed by atoms with Crippen molar-refractivity contribution in [2.75, 3.05) is 7.11 Å². The average molecular weight is 392 g/mol. The Hall–Kier alpha value is -0.400. The predicted octanol–water partition coefficient (Wildman–Crippen LogP) is 3.83. The smallest absolute Gasteiger partial charge is 0.125 e. The highest BCUT2D eigenvalue weighted by Gasteiger charge is 2.20. The second kappa shape index (κ2) is 6.16. The van der Waals surface area contributed by atoms with E-state index in [-0.39, 0.29) is 6.04 Å². The van der Waals surface area contributed by atoms with Crippen molar-refractivity contribution in [3.63, 3.8) is 0 Å². The Labute approximate surface area is 127 Å². The van der Waals surface area contributed by atoms with Crippen molar-refractivity contribution in [3.8, 4) is 5.75 Å². The average Bonchev–Trinajstić information content (AvgIpc) is 2.78. The fraction of sp³-hybridized carbons (Fsp3) is 0.167. The van der Waals surface area contributed by atoms with Crippen LogP contribution < -0.4 is 16.0 Å². The van der Waals surface area contributed by atoms with Gasteiger partial charge in [0.2, 0.25) is 0 Å². The summed E-state index contributed by atoms with van der Waals surface area (Å²) in [5.41, 5.74) is 4.94. The number of rotatable bonds is 4. The van der Waals surface area contributed by atoms with Gasteiger partial charge >= 0.3 is 0 Å². The number of hydrazine groups is 1. The maximum absolute atomic E-state index is 5.69. The Morgan fingerprint density at radius 3 is 2.61 bits per heavy atom. The van der Waals surface area contributed by atoms with E-state index in [4.69, 9.17) is 10.6 Å². The van der Waals surface area contributed by atoms with Crippen LogP contribution in [0.2, 0.25) is 0 Å². The summed E-state index contributed by atoms with van der Waals surface area (Å²) in [5.74, 6) is 6.49. The lowest BCUT2D eigenvalue weighted by molar-refractivity contribution is 0.404. The summed E-state index contributed by atoms with van der Waals surface area (Å²) in [6, 6.07) is 5.80. The summed E-state index contributed by atoms with van der Waals surface area (Å²) < 4.78 is 7.43. The van der Waals surface area contributed by atoms with E-state index in [9.17, 15) is 0 Å². The fourth-order valence-corrected chi connectivity index (χ4v) is 3.66. The first kappa shape index (κ1) is 14.0. The number of methoxy groups -OCH3 is 1. The van der Waals surface area contributed by atoms with Gasteiger partial charge in [-0.25, -0.2) is 5.43 Å². The molecule has 2 aromatic rings. The van der Waals surface area contributed by atoms with Gasteiger partial charge in [0.15, 0.2) is 0 Å². The van der Waals surface area contributed by atoms with Crippen LogP contribution in [0, 0.1) is 0 Å². The number of benzene rings is 1. The molecule has 0 radical (unpaired) electrons. The Morgan fingerprint density at radius 1 is 1.28 bits per heavy atom. The minimum atomic E-state index is -0.103. The molecule has 0 aliphatic heterocycles. The lowest BCUT2D eigenvalue weighted by atomic mass is 10.0. The second-order valence-electron chi connectivity index (χ2n) is 3.66. The molecule has 0 aliphatic rings. The number of thiophene rings is 1. The fourth-order valence-electron chi connectivity index (χ4n) is 1.77. The largest absolute Gasteiger partial charge is 0.496 e. The molecule has 1 unspecified atom stereocenters. The molecule has 2 rings (SSSR count). The Balaban J connectivity index is 2.48. The van der Waals surface area contributed by atoms with Gasteiger partial charge in [-0.1, -0.05) is 22.0 Å². The van der Waals surface area contributed by atoms with Gasteiger partial charge in [-0.15, -0.1) is 0 Å². The molecule has 1 aromatic heterocycles. The lowest BCUT2D eigenvalue weighted by Crippen LogP contribution is -2.29. The summed E-state index contributed by atoms with van der Waals surface area (Å²) in [5, 5.41) is 4.10. The first-order valence-corrected chi connectivity index (χ1v) is 7.71. The zero-order valence-electron chi connectivity index (χ0n) is 9.61. The van der Waals surface area contributed by atoms with Crippen LogP contribution in [0.5, 0.6) is 5.75 Å². The van der Waals surface area contributed by atoms with Crippen molar-refractivity contribution in [3.05, 3.63) is 49.0 Å². The molecule has 0 aliphatic carbocycles. The van der Waals surface area contributed by atoms with Crippen LogP contribution in [0.4, 0.5) is 0 Å². The third kappa shape index (κ3) is 2.78. The van der Waals surface area contributed by atoms with E-state index in [1.54, 1.807) is 18.4 Å². The van der Waals surface area contributed by atoms with Crippen molar-refractivity contribution >= 4 is 43.2 Å². The number of hydrogen-bond donors (Lipinski definition) is 2. The van der Waals surface area contributed by atoms with E-state index in [1.807, 2.05) is 23.6 Å². The van der Waals surface area contributed by atoms with Crippen LogP contribution in [0.3, 0.4) is 0 Å². The summed E-state index contributed by atoms with van der Waals surface area (Å²) in [7, 11) is 1.65. The number of nitrogens with one attached hydrogen (secondary N) is 1. The number of ether oxygens (including phenoxy) is 1. The highest BCUT2D eigenvalue weighted by molar-refractivity contribution is 9.10. The van der Waals surface area contributed by atoms with Crippen molar-refractivity contribution < 1.29 is 4.74 Å². The van der Waals surface area contributed by atoms with Crippen LogP contribution in [0.1, 0.15) is 17.2 Å². The Bertz CT molecular complexity index is 545. The van der Waals surface area contributed by atoms with Gasteiger partial charge in [0.1, 0.15) is 5.75 Å². The quantitative estimate of drug-likeness (QED) is 0.614. The molecule has 0 saturated carbocycles. The molecule has 0 fully saturated rings. The van der Waals surface area contributed by atoms with E-state index >= 15 is 0 Å². The summed E-state index contributed by atoms with van der Waals surface area (Å²) in [4.78, 5) is 0. The van der Waals surface area contributed by atoms with Crippen molar-refractivity contribution in [2.24, 2.45) is 5.84 Å². The highest BCUT2D eigenvalue weighted by atomic mass is 79.9. The van der Waals surface area contributed by atoms with Gasteiger partial charge in [0.25, 0.3) is 0 Å². The van der Waals surface area contributed by atoms with Crippen molar-refractivity contribution in [2.45, 2.75) is 6.04 Å². The number of nitrogens with two attached hydrogens (primary N) is 1. The van der Waals surface area contributed by atoms with Crippen LogP contribution in [0.25, 0.3) is 0 Å². The number of halogens is 2. The Morgan fingerprint density at radius 2 is 2.06 bits per heavy atom. The molecule has 18 heavy (non-hydrogen) atoms. The van der Waals surface area contributed by atoms with E-state index in [2.05, 4.69) is 42.7 Å². The van der Waals surface area contributed by atoms with Gasteiger partial charge in [-0.05, 0) is 39.0 Å². The highest BCUT2D eigenvalue weighted by Crippen LogP contribution is 2.36. The first-order valence-electron chi connectivity index (χ1n) is 5.18. The molecular formula is C12H12Br2N2OS. The van der Waals surface area contributed by atoms with Crippen LogP contribution >= 0.6 is 43.2 Å². The van der Waals surface area contributed by atoms with Crippen molar-refractivity contribution in [1.82, 2.24) is 5.43 Å². The molecule has 1 aromatic carbocycles. The molecule has 0 spiro atoms. The molecule has 0 amide bonds. The zero-order valence-corrected chi connectivity index (χ0v) is 13.6. The minimum Gasteiger partial charge on any atom is -0.496 e. The molecule has 0 saturated heterocycles. The maximum Gasteiger partial charge on any atom is 0.125 e. The van der Waals surface area contributed by atoms with Gasteiger partial charge in [0, 0.05) is 19.9 Å². The van der Waals surface area contributed by atoms with E-state index in [1.165, 1.54) is 0 Å². The molecule has 3 nitrogen and oxygen atoms in total. The molecular weight excluding hydrogens is 380 g/mol. The number of hydrogen-bond acceptors (Lipinski definition) is 4. The van der Waals surface area contributed by atoms with Crippen molar-refractivity contribution in [1.29, 1.82) is 0 Å². The van der Waals surface area contributed by atoms with Crippen LogP contribution in [-0.4, -0.2) is 7.11 Å². The molecule has 96 valence electrons. The predicted molar refractivity (Wildman–Crippen MR) is 81.9 cm³/mol. The maximum atomic E-state index is 5.69. The third-order valence-electron chi connectivity index (χ3n) is 2.63. The summed E-state index contributed by atoms with van der Waals surface area (Å²) in [6.07, 6.45) is 0. The minimum absolute atomic E-state index is 0.103. The normalized spacial score (nSPS) is 12.4. The topological polar surface area (TPSA) is 47.3 Å². The monoisotopic (exact) mass is 390 g/mol. The molecule has 0 bridgehead atoms. The zero-order chi connectivity index (χ0) is 13.1. The van der Waals surface area contributed by atoms with E-state index in [0.29, 0.717) is 0 Å². The van der Waals surface area contributed by atoms with Gasteiger partial charge in [-0.2, -0.15) is 11.3 Å². The first-order chi connectivity index (χ1) is 8.67. The summed E-state index contributed by atoms with van der Waals surface area (Å²) >= 11 is 8.59. The third-order valence-corrected chi connectivity index (χ3v) is 4.87. The molecule has 1 heterocycles. The van der Waals surface area contributed by atoms with Gasteiger partial charge in [0.05, 0.1) is 13.2 Å². The van der Waals surface area contributed by atoms with Crippen LogP contribution in [-0.2, 0) is 0 Å². The molecule has 3 N–H and O–H groups in total. The Kier molecular flexibility index (Phi) is 4.80.